The van der Waals surface area contributed by atoms with Crippen LogP contribution in [0.5, 0.6) is 5.75 Å². The molecule has 5 rings (SSSR count). The molecule has 0 radical (unpaired) electrons. The van der Waals surface area contributed by atoms with Crippen LogP contribution in [0.1, 0.15) is 9.67 Å². The van der Waals surface area contributed by atoms with Crippen molar-refractivity contribution in [3.63, 3.8) is 0 Å². The van der Waals surface area contributed by atoms with Crippen molar-refractivity contribution in [2.24, 2.45) is 0 Å². The van der Waals surface area contributed by atoms with Gasteiger partial charge in [0.05, 0.1) is 22.4 Å². The van der Waals surface area contributed by atoms with Crippen LogP contribution in [0.25, 0.3) is 21.1 Å². The number of aromatic nitrogens is 1. The number of benzene rings is 2. The lowest BCUT2D eigenvalue weighted by molar-refractivity contribution is -0.384. The second kappa shape index (κ2) is 8.08. The maximum Gasteiger partial charge on any atom is 0.269 e. The predicted molar refractivity (Wildman–Crippen MR) is 125 cm³/mol. The number of anilines is 1. The van der Waals surface area contributed by atoms with Crippen LogP contribution in [0.4, 0.5) is 11.4 Å². The fraction of sp³-hybridized carbons (Fsp3) is 0.217. The van der Waals surface area contributed by atoms with E-state index in [2.05, 4.69) is 11.0 Å². The molecule has 0 unspecified atom stereocenters. The number of carbonyl (C=O) groups is 1. The highest BCUT2D eigenvalue weighted by Crippen LogP contribution is 2.30. The molecule has 1 fully saturated rings. The van der Waals surface area contributed by atoms with Crippen LogP contribution in [0.3, 0.4) is 0 Å². The lowest BCUT2D eigenvalue weighted by atomic mass is 10.2. The van der Waals surface area contributed by atoms with Crippen molar-refractivity contribution >= 4 is 49.7 Å². The van der Waals surface area contributed by atoms with E-state index in [0.717, 1.165) is 32.6 Å². The molecule has 32 heavy (non-hydrogen) atoms. The molecule has 0 aliphatic carbocycles. The lowest BCUT2D eigenvalue weighted by Crippen LogP contribution is -2.48. The maximum atomic E-state index is 13.1. The Hall–Kier alpha value is -3.72. The number of amides is 1. The highest BCUT2D eigenvalue weighted by atomic mass is 32.1. The zero-order valence-corrected chi connectivity index (χ0v) is 18.2. The zero-order chi connectivity index (χ0) is 22.2. The predicted octanol–water partition coefficient (Wildman–Crippen LogP) is 4.33. The number of fused-ring (bicyclic) bond motifs is 2. The Balaban J connectivity index is 1.31. The molecule has 2 aromatic carbocycles. The largest absolute Gasteiger partial charge is 0.497 e. The van der Waals surface area contributed by atoms with Crippen LogP contribution in [-0.4, -0.2) is 54.0 Å². The Morgan fingerprint density at radius 3 is 2.47 bits per heavy atom. The molecule has 2 aromatic heterocycles. The monoisotopic (exact) mass is 448 g/mol. The van der Waals surface area contributed by atoms with Crippen molar-refractivity contribution < 1.29 is 14.5 Å². The minimum atomic E-state index is -0.403. The molecule has 0 atom stereocenters. The number of nitro benzene ring substituents is 1. The van der Waals surface area contributed by atoms with E-state index in [-0.39, 0.29) is 11.6 Å². The molecule has 0 bridgehead atoms. The van der Waals surface area contributed by atoms with Gasteiger partial charge in [0.2, 0.25) is 0 Å². The van der Waals surface area contributed by atoms with Gasteiger partial charge in [-0.1, -0.05) is 0 Å². The summed E-state index contributed by atoms with van der Waals surface area (Å²) < 4.78 is 5.28. The van der Waals surface area contributed by atoms with E-state index >= 15 is 0 Å². The normalized spacial score (nSPS) is 14.2. The third-order valence-electron chi connectivity index (χ3n) is 5.71. The summed E-state index contributed by atoms with van der Waals surface area (Å²) in [6.45, 7) is 2.54. The van der Waals surface area contributed by atoms with Crippen molar-refractivity contribution in [3.05, 3.63) is 69.6 Å². The molecule has 0 N–H and O–H groups in total. The average Bonchev–Trinajstić information content (AvgIpc) is 3.24. The van der Waals surface area contributed by atoms with Gasteiger partial charge in [0.25, 0.3) is 11.6 Å². The van der Waals surface area contributed by atoms with Crippen LogP contribution < -0.4 is 9.64 Å². The first-order valence-corrected chi connectivity index (χ1v) is 11.0. The first-order chi connectivity index (χ1) is 15.5. The van der Waals surface area contributed by atoms with E-state index in [1.165, 1.54) is 23.5 Å². The highest BCUT2D eigenvalue weighted by molar-refractivity contribution is 7.20. The minimum Gasteiger partial charge on any atom is -0.497 e. The van der Waals surface area contributed by atoms with Gasteiger partial charge in [-0.3, -0.25) is 14.9 Å². The SMILES string of the molecule is COc1ccc2cc3cc(C(=O)N4CCN(c5ccc([N+](=O)[O-])cc5)CC4)sc3nc2c1. The Bertz CT molecular complexity index is 1330. The van der Waals surface area contributed by atoms with Crippen molar-refractivity contribution in [1.82, 2.24) is 9.88 Å². The van der Waals surface area contributed by atoms with Gasteiger partial charge in [0.15, 0.2) is 0 Å². The summed E-state index contributed by atoms with van der Waals surface area (Å²) in [4.78, 5) is 33.8. The van der Waals surface area contributed by atoms with E-state index in [1.54, 1.807) is 19.2 Å². The standard InChI is InChI=1S/C23H20N4O4S/c1-31-19-7-2-15-12-16-13-21(32-22(16)24-20(15)14-19)23(28)26-10-8-25(9-11-26)17-3-5-18(6-4-17)27(29)30/h2-7,12-14H,8-11H2,1H3. The molecule has 8 nitrogen and oxygen atoms in total. The Morgan fingerprint density at radius 1 is 1.03 bits per heavy atom. The van der Waals surface area contributed by atoms with Crippen LogP contribution >= 0.6 is 11.3 Å². The number of piperazine rings is 1. The lowest BCUT2D eigenvalue weighted by Gasteiger charge is -2.35. The molecule has 3 heterocycles. The van der Waals surface area contributed by atoms with E-state index in [0.29, 0.717) is 31.1 Å². The van der Waals surface area contributed by atoms with Gasteiger partial charge >= 0.3 is 0 Å². The number of pyridine rings is 1. The topological polar surface area (TPSA) is 88.8 Å². The van der Waals surface area contributed by atoms with Crippen LogP contribution in [0.2, 0.25) is 0 Å². The van der Waals surface area contributed by atoms with E-state index in [1.807, 2.05) is 29.2 Å². The van der Waals surface area contributed by atoms with Gasteiger partial charge in [-0.25, -0.2) is 4.98 Å². The Morgan fingerprint density at radius 2 is 1.78 bits per heavy atom. The number of hydrogen-bond donors (Lipinski definition) is 0. The molecule has 1 aliphatic heterocycles. The summed E-state index contributed by atoms with van der Waals surface area (Å²) in [6, 6.07) is 16.3. The van der Waals surface area contributed by atoms with Gasteiger partial charge in [-0.2, -0.15) is 0 Å². The minimum absolute atomic E-state index is 0.0120. The number of rotatable bonds is 4. The van der Waals surface area contributed by atoms with Gasteiger partial charge in [0.1, 0.15) is 10.6 Å². The zero-order valence-electron chi connectivity index (χ0n) is 17.4. The molecule has 162 valence electrons. The second-order valence-corrected chi connectivity index (χ2v) is 8.64. The quantitative estimate of drug-likeness (QED) is 0.341. The molecular formula is C23H20N4O4S. The summed E-state index contributed by atoms with van der Waals surface area (Å²) in [5.74, 6) is 0.765. The van der Waals surface area contributed by atoms with E-state index in [4.69, 9.17) is 9.72 Å². The number of methoxy groups -OCH3 is 1. The number of carbonyl (C=O) groups excluding carboxylic acids is 1. The highest BCUT2D eigenvalue weighted by Gasteiger charge is 2.24. The second-order valence-electron chi connectivity index (χ2n) is 7.60. The van der Waals surface area contributed by atoms with Crippen molar-refractivity contribution in [1.29, 1.82) is 0 Å². The van der Waals surface area contributed by atoms with Crippen molar-refractivity contribution in [3.8, 4) is 5.75 Å². The van der Waals surface area contributed by atoms with Crippen molar-refractivity contribution in [2.45, 2.75) is 0 Å². The third-order valence-corrected chi connectivity index (χ3v) is 6.75. The van der Waals surface area contributed by atoms with Gasteiger partial charge < -0.3 is 14.5 Å². The molecule has 1 aliphatic rings. The molecule has 0 spiro atoms. The van der Waals surface area contributed by atoms with E-state index < -0.39 is 4.92 Å². The third kappa shape index (κ3) is 3.71. The average molecular weight is 449 g/mol. The number of non-ortho nitro benzene ring substituents is 1. The Kier molecular flexibility index (Phi) is 5.10. The fourth-order valence-corrected chi connectivity index (χ4v) is 4.94. The van der Waals surface area contributed by atoms with Crippen LogP contribution in [-0.2, 0) is 0 Å². The summed E-state index contributed by atoms with van der Waals surface area (Å²) in [5, 5.41) is 12.8. The first kappa shape index (κ1) is 20.2. The van der Waals surface area contributed by atoms with Gasteiger partial charge in [-0.15, -0.1) is 11.3 Å². The van der Waals surface area contributed by atoms with Gasteiger partial charge in [-0.05, 0) is 36.4 Å². The molecule has 1 amide bonds. The molecule has 1 saturated heterocycles. The Labute approximate surface area is 187 Å². The number of nitrogens with zero attached hydrogens (tertiary/aromatic N) is 4. The summed E-state index contributed by atoms with van der Waals surface area (Å²) in [6.07, 6.45) is 0. The summed E-state index contributed by atoms with van der Waals surface area (Å²) in [5.41, 5.74) is 1.84. The van der Waals surface area contributed by atoms with Crippen LogP contribution in [0.15, 0.2) is 54.6 Å². The molecule has 0 saturated carbocycles. The number of hydrogen-bond acceptors (Lipinski definition) is 7. The summed E-state index contributed by atoms with van der Waals surface area (Å²) in [7, 11) is 1.63. The number of nitro groups is 1. The summed E-state index contributed by atoms with van der Waals surface area (Å²) >= 11 is 1.41. The van der Waals surface area contributed by atoms with Crippen molar-refractivity contribution in [2.75, 3.05) is 38.2 Å². The van der Waals surface area contributed by atoms with Crippen LogP contribution in [0, 0.1) is 10.1 Å². The first-order valence-electron chi connectivity index (χ1n) is 10.2. The fourth-order valence-electron chi connectivity index (χ4n) is 3.95. The number of ether oxygens (including phenoxy) is 1. The smallest absolute Gasteiger partial charge is 0.269 e. The number of thiophene rings is 1. The van der Waals surface area contributed by atoms with E-state index in [9.17, 15) is 14.9 Å². The maximum absolute atomic E-state index is 13.1. The molecular weight excluding hydrogens is 428 g/mol. The van der Waals surface area contributed by atoms with Gasteiger partial charge in [0, 0.05) is 60.8 Å². The molecule has 4 aromatic rings. The molecule has 9 heteroatoms.